The van der Waals surface area contributed by atoms with Crippen LogP contribution >= 0.6 is 49.9 Å². The van der Waals surface area contributed by atoms with E-state index in [1.165, 1.54) is 0 Å². The maximum absolute atomic E-state index is 10.4. The first-order valence-corrected chi connectivity index (χ1v) is 8.43. The van der Waals surface area contributed by atoms with Crippen LogP contribution in [-0.2, 0) is 6.42 Å². The van der Waals surface area contributed by atoms with Crippen molar-refractivity contribution in [2.75, 3.05) is 0 Å². The third-order valence-corrected chi connectivity index (χ3v) is 5.03. The zero-order valence-electron chi connectivity index (χ0n) is 9.75. The molecular formula is C13H10BrIN2OS. The van der Waals surface area contributed by atoms with Crippen LogP contribution in [0.1, 0.15) is 17.4 Å². The number of fused-ring (bicyclic) bond motifs is 1. The number of hydrogen-bond donors (Lipinski definition) is 1. The van der Waals surface area contributed by atoms with Crippen LogP contribution in [0, 0.1) is 3.57 Å². The first-order valence-electron chi connectivity index (χ1n) is 5.67. The van der Waals surface area contributed by atoms with Gasteiger partial charge in [-0.05, 0) is 46.4 Å². The van der Waals surface area contributed by atoms with Crippen LogP contribution in [-0.4, -0.2) is 14.5 Å². The molecule has 98 valence electrons. The molecule has 0 fully saturated rings. The molecule has 3 nitrogen and oxygen atoms in total. The standard InChI is InChI=1S/C13H10BrIN2OS/c14-11-2-1-8(15)5-10(11)12(18)6-9-7-17-3-4-19-13(17)16-9/h1-5,7,12,18H,6H2. The van der Waals surface area contributed by atoms with Gasteiger partial charge in [-0.1, -0.05) is 15.9 Å². The van der Waals surface area contributed by atoms with Gasteiger partial charge in [-0.2, -0.15) is 0 Å². The lowest BCUT2D eigenvalue weighted by Crippen LogP contribution is -2.03. The minimum Gasteiger partial charge on any atom is -0.388 e. The molecule has 2 heterocycles. The van der Waals surface area contributed by atoms with Crippen LogP contribution in [0.25, 0.3) is 4.96 Å². The fourth-order valence-corrected chi connectivity index (χ4v) is 3.70. The topological polar surface area (TPSA) is 37.5 Å². The number of imidazole rings is 1. The average Bonchev–Trinajstić information content (AvgIpc) is 2.92. The first-order chi connectivity index (χ1) is 9.13. The maximum Gasteiger partial charge on any atom is 0.193 e. The van der Waals surface area contributed by atoms with Crippen LogP contribution < -0.4 is 0 Å². The van der Waals surface area contributed by atoms with E-state index in [0.29, 0.717) is 6.42 Å². The Bertz CT molecular complexity index is 696. The summed E-state index contributed by atoms with van der Waals surface area (Å²) < 4.78 is 4.03. The number of hydrogen-bond acceptors (Lipinski definition) is 3. The van der Waals surface area contributed by atoms with E-state index in [4.69, 9.17) is 0 Å². The minimum atomic E-state index is -0.548. The third kappa shape index (κ3) is 2.86. The van der Waals surface area contributed by atoms with E-state index in [9.17, 15) is 5.11 Å². The summed E-state index contributed by atoms with van der Waals surface area (Å²) in [4.78, 5) is 5.46. The molecule has 1 unspecified atom stereocenters. The maximum atomic E-state index is 10.4. The summed E-state index contributed by atoms with van der Waals surface area (Å²) >= 11 is 7.33. The van der Waals surface area contributed by atoms with Crippen LogP contribution in [0.2, 0.25) is 0 Å². The predicted molar refractivity (Wildman–Crippen MR) is 88.6 cm³/mol. The van der Waals surface area contributed by atoms with Crippen LogP contribution in [0.3, 0.4) is 0 Å². The smallest absolute Gasteiger partial charge is 0.193 e. The SMILES string of the molecule is OC(Cc1cn2ccsc2n1)c1cc(I)ccc1Br. The number of thiazole rings is 1. The number of nitrogens with zero attached hydrogens (tertiary/aromatic N) is 2. The van der Waals surface area contributed by atoms with Gasteiger partial charge in [0.15, 0.2) is 4.96 Å². The van der Waals surface area contributed by atoms with Crippen LogP contribution in [0.5, 0.6) is 0 Å². The zero-order valence-corrected chi connectivity index (χ0v) is 14.3. The Morgan fingerprint density at radius 2 is 2.32 bits per heavy atom. The van der Waals surface area contributed by atoms with Gasteiger partial charge < -0.3 is 5.11 Å². The van der Waals surface area contributed by atoms with E-state index in [1.54, 1.807) is 11.3 Å². The van der Waals surface area contributed by atoms with E-state index in [2.05, 4.69) is 43.5 Å². The Labute approximate surface area is 136 Å². The van der Waals surface area contributed by atoms with Crippen LogP contribution in [0.4, 0.5) is 0 Å². The molecule has 0 aliphatic heterocycles. The summed E-state index contributed by atoms with van der Waals surface area (Å²) in [5.41, 5.74) is 1.81. The second-order valence-electron chi connectivity index (χ2n) is 4.21. The largest absolute Gasteiger partial charge is 0.388 e. The van der Waals surface area contributed by atoms with E-state index in [0.717, 1.165) is 24.3 Å². The summed E-state index contributed by atoms with van der Waals surface area (Å²) in [6.45, 7) is 0. The average molecular weight is 449 g/mol. The number of aliphatic hydroxyl groups is 1. The van der Waals surface area contributed by atoms with Crippen molar-refractivity contribution < 1.29 is 5.11 Å². The molecule has 0 radical (unpaired) electrons. The van der Waals surface area contributed by atoms with Crippen molar-refractivity contribution in [1.82, 2.24) is 9.38 Å². The summed E-state index contributed by atoms with van der Waals surface area (Å²) in [5, 5.41) is 12.4. The molecule has 2 aromatic heterocycles. The second-order valence-corrected chi connectivity index (χ2v) is 7.18. The summed E-state index contributed by atoms with van der Waals surface area (Å²) in [7, 11) is 0. The highest BCUT2D eigenvalue weighted by Crippen LogP contribution is 2.28. The van der Waals surface area contributed by atoms with Crippen molar-refractivity contribution >= 4 is 54.8 Å². The lowest BCUT2D eigenvalue weighted by molar-refractivity contribution is 0.176. The molecule has 6 heteroatoms. The van der Waals surface area contributed by atoms with E-state index >= 15 is 0 Å². The van der Waals surface area contributed by atoms with Gasteiger partial charge in [-0.25, -0.2) is 4.98 Å². The van der Waals surface area contributed by atoms with Crippen molar-refractivity contribution in [3.8, 4) is 0 Å². The van der Waals surface area contributed by atoms with Crippen molar-refractivity contribution in [1.29, 1.82) is 0 Å². The molecule has 0 spiro atoms. The number of rotatable bonds is 3. The second kappa shape index (κ2) is 5.51. The van der Waals surface area contributed by atoms with Crippen molar-refractivity contribution in [2.45, 2.75) is 12.5 Å². The summed E-state index contributed by atoms with van der Waals surface area (Å²) in [6, 6.07) is 5.97. The molecule has 1 aromatic carbocycles. The molecule has 0 aliphatic rings. The van der Waals surface area contributed by atoms with Gasteiger partial charge in [0.25, 0.3) is 0 Å². The monoisotopic (exact) mass is 448 g/mol. The highest BCUT2D eigenvalue weighted by Gasteiger charge is 2.14. The van der Waals surface area contributed by atoms with Crippen molar-refractivity contribution in [3.63, 3.8) is 0 Å². The molecule has 1 atom stereocenters. The van der Waals surface area contributed by atoms with E-state index in [1.807, 2.05) is 40.4 Å². The Hall–Kier alpha value is -0.440. The molecule has 0 saturated heterocycles. The lowest BCUT2D eigenvalue weighted by Gasteiger charge is -2.12. The molecule has 0 aliphatic carbocycles. The molecule has 0 saturated carbocycles. The zero-order chi connectivity index (χ0) is 13.4. The van der Waals surface area contributed by atoms with Gasteiger partial charge in [-0.3, -0.25) is 4.40 Å². The van der Waals surface area contributed by atoms with Crippen molar-refractivity contribution in [2.24, 2.45) is 0 Å². The van der Waals surface area contributed by atoms with Gasteiger partial charge in [0, 0.05) is 32.2 Å². The summed E-state index contributed by atoms with van der Waals surface area (Å²) in [5.74, 6) is 0. The molecular weight excluding hydrogens is 439 g/mol. The minimum absolute atomic E-state index is 0.521. The fraction of sp³-hybridized carbons (Fsp3) is 0.154. The quantitative estimate of drug-likeness (QED) is 0.614. The number of aliphatic hydroxyl groups excluding tert-OH is 1. The lowest BCUT2D eigenvalue weighted by atomic mass is 10.1. The highest BCUT2D eigenvalue weighted by molar-refractivity contribution is 14.1. The normalized spacial score (nSPS) is 13.0. The Morgan fingerprint density at radius 3 is 3.11 bits per heavy atom. The Balaban J connectivity index is 1.86. The van der Waals surface area contributed by atoms with Gasteiger partial charge in [-0.15, -0.1) is 11.3 Å². The first kappa shape index (κ1) is 13.5. The van der Waals surface area contributed by atoms with E-state index in [-0.39, 0.29) is 0 Å². The number of benzene rings is 1. The highest BCUT2D eigenvalue weighted by atomic mass is 127. The number of halogens is 2. The van der Waals surface area contributed by atoms with E-state index < -0.39 is 6.10 Å². The van der Waals surface area contributed by atoms with Gasteiger partial charge >= 0.3 is 0 Å². The molecule has 19 heavy (non-hydrogen) atoms. The molecule has 0 amide bonds. The molecule has 1 N–H and O–H groups in total. The number of aromatic nitrogens is 2. The summed E-state index contributed by atoms with van der Waals surface area (Å²) in [6.07, 6.45) is 3.92. The Kier molecular flexibility index (Phi) is 3.93. The van der Waals surface area contributed by atoms with Crippen LogP contribution in [0.15, 0.2) is 40.4 Å². The third-order valence-electron chi connectivity index (χ3n) is 2.86. The molecule has 3 aromatic rings. The van der Waals surface area contributed by atoms with Crippen molar-refractivity contribution in [3.05, 3.63) is 55.3 Å². The molecule has 0 bridgehead atoms. The van der Waals surface area contributed by atoms with Gasteiger partial charge in [0.05, 0.1) is 11.8 Å². The van der Waals surface area contributed by atoms with Gasteiger partial charge in [0.1, 0.15) is 0 Å². The fourth-order valence-electron chi connectivity index (χ4n) is 1.95. The Morgan fingerprint density at radius 1 is 1.47 bits per heavy atom. The molecule has 3 rings (SSSR count). The predicted octanol–water partition coefficient (Wildman–Crippen LogP) is 4.04. The van der Waals surface area contributed by atoms with Gasteiger partial charge in [0.2, 0.25) is 0 Å².